The molecule has 0 spiro atoms. The molecule has 0 atom stereocenters. The number of hydrogen-bond acceptors (Lipinski definition) is 4. The monoisotopic (exact) mass is 218 g/mol. The van der Waals surface area contributed by atoms with Gasteiger partial charge in [0.1, 0.15) is 13.2 Å². The smallest absolute Gasteiger partial charge is 0.330 e. The van der Waals surface area contributed by atoms with E-state index in [0.717, 1.165) is 12.2 Å². The molecular weight excluding hydrogens is 196 g/mol. The van der Waals surface area contributed by atoms with Crippen molar-refractivity contribution in [3.8, 4) is 0 Å². The Morgan fingerprint density at radius 3 is 1.33 bits per heavy atom. The molecule has 90 valence electrons. The number of esters is 2. The molecule has 0 heterocycles. The van der Waals surface area contributed by atoms with Crippen LogP contribution in [0.3, 0.4) is 0 Å². The fraction of sp³-hybridized carbons (Fsp3) is 0.455. The number of ether oxygens (including phenoxy) is 2. The number of rotatable bonds is 5. The molecule has 0 saturated carbocycles. The number of hydrogen-bond donors (Lipinski definition) is 0. The first-order chi connectivity index (χ1) is 5.70. The van der Waals surface area contributed by atoms with Gasteiger partial charge in [-0.15, -0.1) is 0 Å². The summed E-state index contributed by atoms with van der Waals surface area (Å²) in [4.78, 5) is 20.9. The zero-order valence-corrected chi connectivity index (χ0v) is 6.62. The van der Waals surface area contributed by atoms with Crippen molar-refractivity contribution in [1.29, 1.82) is 0 Å². The van der Waals surface area contributed by atoms with Gasteiger partial charge in [-0.2, -0.15) is 0 Å². The summed E-state index contributed by atoms with van der Waals surface area (Å²) in [6, 6.07) is 0. The van der Waals surface area contributed by atoms with Crippen molar-refractivity contribution in [2.24, 2.45) is 0 Å². The van der Waals surface area contributed by atoms with Gasteiger partial charge in [0.05, 0.1) is 0 Å². The average molecular weight is 218 g/mol. The first-order valence-electron chi connectivity index (χ1n) is 3.29. The molecule has 4 heteroatoms. The fourth-order valence-electron chi connectivity index (χ4n) is 0.402. The van der Waals surface area contributed by atoms with Gasteiger partial charge in [-0.25, -0.2) is 9.59 Å². The molecule has 0 aliphatic heterocycles. The van der Waals surface area contributed by atoms with E-state index in [-0.39, 0.29) is 35.5 Å². The molecule has 0 saturated heterocycles. The number of carbonyl (C=O) groups excluding carboxylic acids is 2. The normalized spacial score (nSPS) is 6.67. The molecule has 0 aromatic heterocycles. The molecule has 0 fully saturated rings. The molecule has 15 heavy (non-hydrogen) atoms. The molecule has 0 aromatic carbocycles. The Bertz CT molecular complexity index is 175. The van der Waals surface area contributed by atoms with Crippen molar-refractivity contribution in [3.05, 3.63) is 25.3 Å². The Balaban J connectivity index is -0.000000202. The van der Waals surface area contributed by atoms with Crippen molar-refractivity contribution in [1.82, 2.24) is 0 Å². The second kappa shape index (κ2) is 14.9. The van der Waals surface area contributed by atoms with Crippen LogP contribution in [-0.4, -0.2) is 25.2 Å². The van der Waals surface area contributed by atoms with Crippen LogP contribution in [0.25, 0.3) is 0 Å². The van der Waals surface area contributed by atoms with Crippen molar-refractivity contribution in [2.75, 3.05) is 13.2 Å². The van der Waals surface area contributed by atoms with Crippen LogP contribution in [0.4, 0.5) is 0 Å². The van der Waals surface area contributed by atoms with E-state index in [1.807, 2.05) is 0 Å². The summed E-state index contributed by atoms with van der Waals surface area (Å²) in [6.45, 7) is 6.45. The Morgan fingerprint density at radius 1 is 0.867 bits per heavy atom. The minimum atomic E-state index is -0.537. The van der Waals surface area contributed by atoms with E-state index in [4.69, 9.17) is 0 Å². The summed E-state index contributed by atoms with van der Waals surface area (Å²) >= 11 is 0. The highest BCUT2D eigenvalue weighted by Gasteiger charge is 1.97. The van der Waals surface area contributed by atoms with E-state index < -0.39 is 11.9 Å². The molecule has 0 bridgehead atoms. The molecule has 0 aliphatic rings. The van der Waals surface area contributed by atoms with Crippen LogP contribution in [0, 0.1) is 0 Å². The summed E-state index contributed by atoms with van der Waals surface area (Å²) in [7, 11) is 0. The first-order valence-corrected chi connectivity index (χ1v) is 3.29. The van der Waals surface area contributed by atoms with Crippen LogP contribution in [0.2, 0.25) is 0 Å². The third-order valence-electron chi connectivity index (χ3n) is 0.905. The molecule has 0 radical (unpaired) electrons. The molecule has 0 rings (SSSR count). The Hall–Kier alpha value is -1.58. The van der Waals surface area contributed by atoms with Crippen LogP contribution >= 0.6 is 0 Å². The van der Waals surface area contributed by atoms with Gasteiger partial charge < -0.3 is 9.47 Å². The lowest BCUT2D eigenvalue weighted by Crippen LogP contribution is -2.10. The lowest BCUT2D eigenvalue weighted by Gasteiger charge is -2.01. The maximum Gasteiger partial charge on any atom is 0.330 e. The molecule has 0 aliphatic carbocycles. The van der Waals surface area contributed by atoms with Gasteiger partial charge in [-0.1, -0.05) is 35.4 Å². The molecule has 0 unspecified atom stereocenters. The minimum Gasteiger partial charge on any atom is -0.459 e. The van der Waals surface area contributed by atoms with Gasteiger partial charge in [0.15, 0.2) is 0 Å². The highest BCUT2D eigenvalue weighted by Crippen LogP contribution is 1.82. The summed E-state index contributed by atoms with van der Waals surface area (Å²) in [6.07, 6.45) is 2.07. The Kier molecular flexibility index (Phi) is 23.2. The maximum absolute atomic E-state index is 10.4. The molecular formula is C11H22O4. The summed E-state index contributed by atoms with van der Waals surface area (Å²) in [5.41, 5.74) is 0. The summed E-state index contributed by atoms with van der Waals surface area (Å²) in [5.74, 6) is -1.07. The molecule has 0 N–H and O–H groups in total. The van der Waals surface area contributed by atoms with Crippen molar-refractivity contribution in [3.63, 3.8) is 0 Å². The number of carbonyl (C=O) groups is 2. The molecule has 0 aromatic rings. The van der Waals surface area contributed by atoms with E-state index in [2.05, 4.69) is 22.6 Å². The van der Waals surface area contributed by atoms with Crippen LogP contribution in [0.1, 0.15) is 22.3 Å². The second-order valence-electron chi connectivity index (χ2n) is 1.74. The van der Waals surface area contributed by atoms with E-state index in [1.165, 1.54) is 0 Å². The zero-order chi connectivity index (χ0) is 9.40. The summed E-state index contributed by atoms with van der Waals surface area (Å²) < 4.78 is 9.04. The van der Waals surface area contributed by atoms with Gasteiger partial charge >= 0.3 is 11.9 Å². The minimum absolute atomic E-state index is 0. The Labute approximate surface area is 92.6 Å². The predicted octanol–water partition coefficient (Wildman–Crippen LogP) is 2.35. The first kappa shape index (κ1) is 23.3. The lowest BCUT2D eigenvalue weighted by atomic mass is 10.6. The predicted molar refractivity (Wildman–Crippen MR) is 62.5 cm³/mol. The van der Waals surface area contributed by atoms with Crippen molar-refractivity contribution in [2.45, 2.75) is 22.3 Å². The topological polar surface area (TPSA) is 52.6 Å². The second-order valence-corrected chi connectivity index (χ2v) is 1.74. The van der Waals surface area contributed by atoms with Crippen molar-refractivity contribution >= 4 is 11.9 Å². The lowest BCUT2D eigenvalue weighted by molar-refractivity contribution is -0.146. The fourth-order valence-corrected chi connectivity index (χ4v) is 0.402. The summed E-state index contributed by atoms with van der Waals surface area (Å²) in [5, 5.41) is 0. The van der Waals surface area contributed by atoms with E-state index in [0.29, 0.717) is 0 Å². The van der Waals surface area contributed by atoms with E-state index in [9.17, 15) is 9.59 Å². The van der Waals surface area contributed by atoms with Crippen LogP contribution in [0.5, 0.6) is 0 Å². The van der Waals surface area contributed by atoms with Gasteiger partial charge in [-0.05, 0) is 0 Å². The van der Waals surface area contributed by atoms with Gasteiger partial charge in [0.2, 0.25) is 0 Å². The van der Waals surface area contributed by atoms with E-state index in [1.54, 1.807) is 0 Å². The van der Waals surface area contributed by atoms with Crippen LogP contribution < -0.4 is 0 Å². The SMILES string of the molecule is C.C.C.C=CC(=O)OCCOC(=O)C=C. The van der Waals surface area contributed by atoms with Crippen LogP contribution in [0.15, 0.2) is 25.3 Å². The van der Waals surface area contributed by atoms with Crippen LogP contribution in [-0.2, 0) is 19.1 Å². The quantitative estimate of drug-likeness (QED) is 0.404. The molecule has 0 amide bonds. The van der Waals surface area contributed by atoms with Gasteiger partial charge in [0.25, 0.3) is 0 Å². The maximum atomic E-state index is 10.4. The standard InChI is InChI=1S/C8H10O4.3CH4/c1-3-7(9)11-5-6-12-8(10)4-2;;;/h3-4H,1-2,5-6H2;3*1H4. The van der Waals surface area contributed by atoms with Crippen molar-refractivity contribution < 1.29 is 19.1 Å². The third-order valence-corrected chi connectivity index (χ3v) is 0.905. The van der Waals surface area contributed by atoms with E-state index >= 15 is 0 Å². The Morgan fingerprint density at radius 2 is 1.13 bits per heavy atom. The van der Waals surface area contributed by atoms with Gasteiger partial charge in [-0.3, -0.25) is 0 Å². The largest absolute Gasteiger partial charge is 0.459 e. The zero-order valence-electron chi connectivity index (χ0n) is 6.62. The third kappa shape index (κ3) is 15.2. The van der Waals surface area contributed by atoms with Gasteiger partial charge in [0, 0.05) is 12.2 Å². The highest BCUT2D eigenvalue weighted by molar-refractivity contribution is 5.81. The highest BCUT2D eigenvalue weighted by atomic mass is 16.6. The average Bonchev–Trinajstić information content (AvgIpc) is 2.11. The molecule has 4 nitrogen and oxygen atoms in total.